The summed E-state index contributed by atoms with van der Waals surface area (Å²) < 4.78 is 0. The van der Waals surface area contributed by atoms with Crippen molar-refractivity contribution in [3.05, 3.63) is 60.7 Å². The summed E-state index contributed by atoms with van der Waals surface area (Å²) in [7, 11) is 0. The van der Waals surface area contributed by atoms with Crippen LogP contribution < -0.4 is 0 Å². The summed E-state index contributed by atoms with van der Waals surface area (Å²) in [5.41, 5.74) is 0. The van der Waals surface area contributed by atoms with Crippen LogP contribution in [0.3, 0.4) is 0 Å². The number of rotatable bonds is 0. The normalized spacial score (nSPS) is 8.13. The van der Waals surface area contributed by atoms with Crippen LogP contribution in [0.15, 0.2) is 70.5 Å². The van der Waals surface area contributed by atoms with Crippen molar-refractivity contribution in [3.8, 4) is 0 Å². The average molecular weight is 243 g/mol. The first-order chi connectivity index (χ1) is 6.79. The second-order valence-corrected chi connectivity index (χ2v) is 3.70. The third kappa shape index (κ3) is 8.00. The SMILES string of the molecule is Sc1ccccc1.Sc1ccccc1.[Na]. The van der Waals surface area contributed by atoms with E-state index in [9.17, 15) is 0 Å². The summed E-state index contributed by atoms with van der Waals surface area (Å²) in [5, 5.41) is 0. The molecule has 3 heteroatoms. The Hall–Kier alpha value is 0.140. The van der Waals surface area contributed by atoms with Crippen molar-refractivity contribution in [2.45, 2.75) is 9.79 Å². The maximum atomic E-state index is 4.08. The van der Waals surface area contributed by atoms with Crippen molar-refractivity contribution >= 4 is 54.8 Å². The van der Waals surface area contributed by atoms with Gasteiger partial charge in [0.15, 0.2) is 0 Å². The van der Waals surface area contributed by atoms with E-state index in [1.54, 1.807) is 0 Å². The van der Waals surface area contributed by atoms with E-state index in [0.717, 1.165) is 9.79 Å². The smallest absolute Gasteiger partial charge is 0.00399 e. The maximum absolute atomic E-state index is 4.08. The van der Waals surface area contributed by atoms with E-state index >= 15 is 0 Å². The fourth-order valence-corrected chi connectivity index (χ4v) is 1.20. The predicted molar refractivity (Wildman–Crippen MR) is 73.1 cm³/mol. The first-order valence-corrected chi connectivity index (χ1v) is 5.16. The molecule has 0 nitrogen and oxygen atoms in total. The van der Waals surface area contributed by atoms with Gasteiger partial charge in [0.25, 0.3) is 0 Å². The Balaban J connectivity index is 0.000000245. The third-order valence-electron chi connectivity index (χ3n) is 1.51. The topological polar surface area (TPSA) is 0 Å². The molecular formula is C12H12NaS2. The molecule has 0 spiro atoms. The summed E-state index contributed by atoms with van der Waals surface area (Å²) in [6, 6.07) is 19.6. The molecule has 0 atom stereocenters. The molecule has 0 aromatic heterocycles. The Morgan fingerprint density at radius 3 is 0.933 bits per heavy atom. The van der Waals surface area contributed by atoms with Gasteiger partial charge in [-0.15, -0.1) is 25.3 Å². The Kier molecular flexibility index (Phi) is 9.46. The minimum Gasteiger partial charge on any atom is -0.143 e. The monoisotopic (exact) mass is 243 g/mol. The van der Waals surface area contributed by atoms with Crippen LogP contribution in [0.4, 0.5) is 0 Å². The molecule has 15 heavy (non-hydrogen) atoms. The zero-order valence-electron chi connectivity index (χ0n) is 8.67. The van der Waals surface area contributed by atoms with E-state index in [0.29, 0.717) is 0 Å². The molecule has 73 valence electrons. The van der Waals surface area contributed by atoms with Crippen LogP contribution in [0.1, 0.15) is 0 Å². The molecular weight excluding hydrogens is 231 g/mol. The van der Waals surface area contributed by atoms with E-state index in [2.05, 4.69) is 25.3 Å². The summed E-state index contributed by atoms with van der Waals surface area (Å²) in [4.78, 5) is 2.03. The molecule has 0 unspecified atom stereocenters. The van der Waals surface area contributed by atoms with Crippen LogP contribution in [0.5, 0.6) is 0 Å². The van der Waals surface area contributed by atoms with Gasteiger partial charge in [-0.1, -0.05) is 36.4 Å². The first kappa shape index (κ1) is 15.1. The van der Waals surface area contributed by atoms with Crippen molar-refractivity contribution in [2.24, 2.45) is 0 Å². The van der Waals surface area contributed by atoms with Gasteiger partial charge in [-0.25, -0.2) is 0 Å². The molecule has 2 aromatic carbocycles. The zero-order valence-corrected chi connectivity index (χ0v) is 12.5. The van der Waals surface area contributed by atoms with Gasteiger partial charge in [0.2, 0.25) is 0 Å². The van der Waals surface area contributed by atoms with Gasteiger partial charge in [0.1, 0.15) is 0 Å². The number of thiol groups is 2. The molecule has 2 rings (SSSR count). The van der Waals surface area contributed by atoms with Crippen molar-refractivity contribution in [3.63, 3.8) is 0 Å². The minimum atomic E-state index is 0. The molecule has 0 fully saturated rings. The molecule has 0 heterocycles. The Morgan fingerprint density at radius 2 is 0.800 bits per heavy atom. The second kappa shape index (κ2) is 9.37. The minimum absolute atomic E-state index is 0. The number of benzene rings is 2. The van der Waals surface area contributed by atoms with Gasteiger partial charge in [0, 0.05) is 39.3 Å². The van der Waals surface area contributed by atoms with Gasteiger partial charge in [-0.05, 0) is 24.3 Å². The van der Waals surface area contributed by atoms with Crippen LogP contribution in [0.25, 0.3) is 0 Å². The zero-order chi connectivity index (χ0) is 10.2. The molecule has 0 amide bonds. The molecule has 0 aliphatic carbocycles. The fraction of sp³-hybridized carbons (Fsp3) is 0. The van der Waals surface area contributed by atoms with E-state index in [-0.39, 0.29) is 29.6 Å². The summed E-state index contributed by atoms with van der Waals surface area (Å²) >= 11 is 8.17. The van der Waals surface area contributed by atoms with Gasteiger partial charge < -0.3 is 0 Å². The molecule has 0 aliphatic rings. The third-order valence-corrected chi connectivity index (χ3v) is 2.11. The largest absolute Gasteiger partial charge is 0.143 e. The van der Waals surface area contributed by atoms with E-state index < -0.39 is 0 Å². The van der Waals surface area contributed by atoms with E-state index in [1.165, 1.54) is 0 Å². The van der Waals surface area contributed by atoms with Crippen molar-refractivity contribution in [1.82, 2.24) is 0 Å². The molecule has 0 saturated heterocycles. The molecule has 0 N–H and O–H groups in total. The van der Waals surface area contributed by atoms with Crippen molar-refractivity contribution in [1.29, 1.82) is 0 Å². The van der Waals surface area contributed by atoms with Crippen LogP contribution in [-0.4, -0.2) is 29.6 Å². The molecule has 0 aliphatic heterocycles. The summed E-state index contributed by atoms with van der Waals surface area (Å²) in [6.45, 7) is 0. The van der Waals surface area contributed by atoms with Crippen LogP contribution in [-0.2, 0) is 0 Å². The average Bonchev–Trinajstić information content (AvgIpc) is 2.21. The van der Waals surface area contributed by atoms with Gasteiger partial charge in [-0.2, -0.15) is 0 Å². The van der Waals surface area contributed by atoms with E-state index in [1.807, 2.05) is 60.7 Å². The standard InChI is InChI=1S/2C6H6S.Na/c2*7-6-4-2-1-3-5-6;/h2*1-5,7H;. The second-order valence-electron chi connectivity index (χ2n) is 2.67. The van der Waals surface area contributed by atoms with Crippen LogP contribution in [0.2, 0.25) is 0 Å². The van der Waals surface area contributed by atoms with Gasteiger partial charge in [-0.3, -0.25) is 0 Å². The summed E-state index contributed by atoms with van der Waals surface area (Å²) in [6.07, 6.45) is 0. The van der Waals surface area contributed by atoms with Gasteiger partial charge >= 0.3 is 0 Å². The fourth-order valence-electron chi connectivity index (χ4n) is 0.856. The van der Waals surface area contributed by atoms with Crippen LogP contribution >= 0.6 is 25.3 Å². The van der Waals surface area contributed by atoms with Crippen LogP contribution in [0, 0.1) is 0 Å². The van der Waals surface area contributed by atoms with Crippen molar-refractivity contribution in [2.75, 3.05) is 0 Å². The first-order valence-electron chi connectivity index (χ1n) is 4.27. The summed E-state index contributed by atoms with van der Waals surface area (Å²) in [5.74, 6) is 0. The van der Waals surface area contributed by atoms with Crippen molar-refractivity contribution < 1.29 is 0 Å². The molecule has 0 saturated carbocycles. The molecule has 0 bridgehead atoms. The maximum Gasteiger partial charge on any atom is 0.00399 e. The molecule has 1 radical (unpaired) electrons. The van der Waals surface area contributed by atoms with Gasteiger partial charge in [0.05, 0.1) is 0 Å². The Labute approximate surface area is 124 Å². The Morgan fingerprint density at radius 1 is 0.533 bits per heavy atom. The number of hydrogen-bond acceptors (Lipinski definition) is 2. The molecule has 2 aromatic rings. The Bertz CT molecular complexity index is 311. The van der Waals surface area contributed by atoms with E-state index in [4.69, 9.17) is 0 Å². The number of hydrogen-bond donors (Lipinski definition) is 2. The quantitative estimate of drug-likeness (QED) is 0.513. The predicted octanol–water partition coefficient (Wildman–Crippen LogP) is 3.57.